The molecule has 1 atom stereocenters. The van der Waals surface area contributed by atoms with Crippen LogP contribution in [0.2, 0.25) is 0 Å². The highest BCUT2D eigenvalue weighted by Crippen LogP contribution is 2.26. The number of ether oxygens (including phenoxy) is 1. The van der Waals surface area contributed by atoms with Gasteiger partial charge in [0.25, 0.3) is 0 Å². The highest BCUT2D eigenvalue weighted by atomic mass is 16.5. The molecule has 0 aromatic heterocycles. The Kier molecular flexibility index (Phi) is 7.22. The average molecular weight is 305 g/mol. The molecule has 0 saturated heterocycles. The first kappa shape index (κ1) is 18.3. The molecule has 0 aliphatic carbocycles. The van der Waals surface area contributed by atoms with Crippen LogP contribution in [0, 0.1) is 0 Å². The minimum atomic E-state index is -0.0493. The van der Waals surface area contributed by atoms with E-state index in [1.165, 1.54) is 5.56 Å². The van der Waals surface area contributed by atoms with Crippen LogP contribution in [0.15, 0.2) is 29.3 Å². The maximum atomic E-state index is 5.32. The van der Waals surface area contributed by atoms with E-state index in [9.17, 15) is 0 Å². The second-order valence-electron chi connectivity index (χ2n) is 6.26. The molecular weight excluding hydrogens is 274 g/mol. The van der Waals surface area contributed by atoms with Crippen LogP contribution in [0.25, 0.3) is 0 Å². The molecule has 4 heteroatoms. The van der Waals surface area contributed by atoms with E-state index >= 15 is 0 Å². The molecule has 22 heavy (non-hydrogen) atoms. The molecular formula is C18H31N3O. The molecule has 4 nitrogen and oxygen atoms in total. The molecule has 124 valence electrons. The Balaban J connectivity index is 2.85. The third-order valence-corrected chi connectivity index (χ3v) is 3.82. The fourth-order valence-electron chi connectivity index (χ4n) is 2.07. The van der Waals surface area contributed by atoms with E-state index in [4.69, 9.17) is 9.73 Å². The molecule has 0 heterocycles. The van der Waals surface area contributed by atoms with Crippen LogP contribution in [-0.4, -0.2) is 32.2 Å². The lowest BCUT2D eigenvalue weighted by molar-refractivity contribution is 0.412. The van der Waals surface area contributed by atoms with E-state index in [0.717, 1.165) is 24.7 Å². The molecule has 1 unspecified atom stereocenters. The zero-order valence-corrected chi connectivity index (χ0v) is 14.9. The molecule has 0 radical (unpaired) electrons. The lowest BCUT2D eigenvalue weighted by atomic mass is 9.84. The van der Waals surface area contributed by atoms with Gasteiger partial charge in [-0.25, -0.2) is 0 Å². The van der Waals surface area contributed by atoms with Crippen molar-refractivity contribution in [1.29, 1.82) is 0 Å². The van der Waals surface area contributed by atoms with Crippen molar-refractivity contribution in [3.63, 3.8) is 0 Å². The number of rotatable bonds is 7. The molecule has 2 N–H and O–H groups in total. The second-order valence-corrected chi connectivity index (χ2v) is 6.26. The number of hydrogen-bond donors (Lipinski definition) is 2. The second kappa shape index (κ2) is 8.66. The van der Waals surface area contributed by atoms with Gasteiger partial charge in [-0.2, -0.15) is 0 Å². The Morgan fingerprint density at radius 3 is 2.64 bits per heavy atom. The maximum Gasteiger partial charge on any atom is 0.191 e. The van der Waals surface area contributed by atoms with Gasteiger partial charge in [0, 0.05) is 18.0 Å². The van der Waals surface area contributed by atoms with Crippen molar-refractivity contribution in [2.45, 2.75) is 52.5 Å². The van der Waals surface area contributed by atoms with Gasteiger partial charge in [0.1, 0.15) is 5.75 Å². The summed E-state index contributed by atoms with van der Waals surface area (Å²) in [4.78, 5) is 4.76. The van der Waals surface area contributed by atoms with Crippen molar-refractivity contribution in [2.24, 2.45) is 4.99 Å². The SMILES string of the molecule is CCNC(=NCC(C)(C)c1cccc(OC)c1)NC(C)CC. The zero-order chi connectivity index (χ0) is 16.6. The molecule has 0 fully saturated rings. The molecule has 0 amide bonds. The van der Waals surface area contributed by atoms with Gasteiger partial charge in [-0.15, -0.1) is 0 Å². The Morgan fingerprint density at radius 1 is 1.32 bits per heavy atom. The monoisotopic (exact) mass is 305 g/mol. The van der Waals surface area contributed by atoms with Crippen molar-refractivity contribution >= 4 is 5.96 Å². The van der Waals surface area contributed by atoms with Gasteiger partial charge in [-0.3, -0.25) is 4.99 Å². The van der Waals surface area contributed by atoms with Gasteiger partial charge in [0.15, 0.2) is 5.96 Å². The summed E-state index contributed by atoms with van der Waals surface area (Å²) in [5.41, 5.74) is 1.18. The van der Waals surface area contributed by atoms with Gasteiger partial charge < -0.3 is 15.4 Å². The summed E-state index contributed by atoms with van der Waals surface area (Å²) in [6.45, 7) is 12.4. The van der Waals surface area contributed by atoms with Crippen LogP contribution in [-0.2, 0) is 5.41 Å². The van der Waals surface area contributed by atoms with E-state index in [0.29, 0.717) is 12.6 Å². The number of aliphatic imine (C=N–C) groups is 1. The summed E-state index contributed by atoms with van der Waals surface area (Å²) in [5.74, 6) is 1.77. The Labute approximate surface area is 135 Å². The highest BCUT2D eigenvalue weighted by Gasteiger charge is 2.21. The van der Waals surface area contributed by atoms with Gasteiger partial charge in [-0.05, 0) is 38.0 Å². The van der Waals surface area contributed by atoms with Gasteiger partial charge in [0.2, 0.25) is 0 Å². The minimum Gasteiger partial charge on any atom is -0.497 e. The summed E-state index contributed by atoms with van der Waals surface area (Å²) < 4.78 is 5.32. The highest BCUT2D eigenvalue weighted by molar-refractivity contribution is 5.80. The van der Waals surface area contributed by atoms with Crippen LogP contribution in [0.4, 0.5) is 0 Å². The topological polar surface area (TPSA) is 45.7 Å². The van der Waals surface area contributed by atoms with E-state index in [-0.39, 0.29) is 5.41 Å². The number of guanidine groups is 1. The lowest BCUT2D eigenvalue weighted by Gasteiger charge is -2.25. The maximum absolute atomic E-state index is 5.32. The smallest absolute Gasteiger partial charge is 0.191 e. The summed E-state index contributed by atoms with van der Waals surface area (Å²) in [7, 11) is 1.70. The predicted octanol–water partition coefficient (Wildman–Crippen LogP) is 3.33. The average Bonchev–Trinajstić information content (AvgIpc) is 2.52. The summed E-state index contributed by atoms with van der Waals surface area (Å²) in [5, 5.41) is 6.74. The third kappa shape index (κ3) is 5.58. The van der Waals surface area contributed by atoms with E-state index in [1.807, 2.05) is 12.1 Å². The van der Waals surface area contributed by atoms with Crippen molar-refractivity contribution in [1.82, 2.24) is 10.6 Å². The molecule has 1 aromatic carbocycles. The number of nitrogens with zero attached hydrogens (tertiary/aromatic N) is 1. The summed E-state index contributed by atoms with van der Waals surface area (Å²) in [6, 6.07) is 8.63. The van der Waals surface area contributed by atoms with Crippen molar-refractivity contribution in [2.75, 3.05) is 20.2 Å². The number of methoxy groups -OCH3 is 1. The van der Waals surface area contributed by atoms with E-state index in [2.05, 4.69) is 57.4 Å². The lowest BCUT2D eigenvalue weighted by Crippen LogP contribution is -2.42. The first-order chi connectivity index (χ1) is 10.4. The van der Waals surface area contributed by atoms with Crippen molar-refractivity contribution < 1.29 is 4.74 Å². The van der Waals surface area contributed by atoms with E-state index < -0.39 is 0 Å². The largest absolute Gasteiger partial charge is 0.497 e. The molecule has 0 bridgehead atoms. The Morgan fingerprint density at radius 2 is 2.05 bits per heavy atom. The fourth-order valence-corrected chi connectivity index (χ4v) is 2.07. The van der Waals surface area contributed by atoms with Crippen LogP contribution in [0.1, 0.15) is 46.6 Å². The Bertz CT molecular complexity index is 483. The first-order valence-electron chi connectivity index (χ1n) is 8.12. The standard InChI is InChI=1S/C18H31N3O/c1-7-14(3)21-17(19-8-2)20-13-18(4,5)15-10-9-11-16(12-15)22-6/h9-12,14H,7-8,13H2,1-6H3,(H2,19,20,21). The molecule has 0 aliphatic heterocycles. The first-order valence-corrected chi connectivity index (χ1v) is 8.12. The molecule has 0 saturated carbocycles. The fraction of sp³-hybridized carbons (Fsp3) is 0.611. The van der Waals surface area contributed by atoms with Crippen LogP contribution in [0.5, 0.6) is 5.75 Å². The summed E-state index contributed by atoms with van der Waals surface area (Å²) >= 11 is 0. The quantitative estimate of drug-likeness (QED) is 0.600. The molecule has 1 aromatic rings. The molecule has 1 rings (SSSR count). The number of nitrogens with one attached hydrogen (secondary N) is 2. The van der Waals surface area contributed by atoms with Gasteiger partial charge >= 0.3 is 0 Å². The predicted molar refractivity (Wildman–Crippen MR) is 94.9 cm³/mol. The van der Waals surface area contributed by atoms with Crippen LogP contribution >= 0.6 is 0 Å². The minimum absolute atomic E-state index is 0.0493. The van der Waals surface area contributed by atoms with E-state index in [1.54, 1.807) is 7.11 Å². The van der Waals surface area contributed by atoms with Crippen LogP contribution in [0.3, 0.4) is 0 Å². The van der Waals surface area contributed by atoms with Gasteiger partial charge in [0.05, 0.1) is 13.7 Å². The summed E-state index contributed by atoms with van der Waals surface area (Å²) in [6.07, 6.45) is 1.07. The van der Waals surface area contributed by atoms with Gasteiger partial charge in [-0.1, -0.05) is 32.9 Å². The molecule has 0 aliphatic rings. The molecule has 0 spiro atoms. The van der Waals surface area contributed by atoms with Crippen molar-refractivity contribution in [3.8, 4) is 5.75 Å². The van der Waals surface area contributed by atoms with Crippen molar-refractivity contribution in [3.05, 3.63) is 29.8 Å². The number of benzene rings is 1. The van der Waals surface area contributed by atoms with Crippen LogP contribution < -0.4 is 15.4 Å². The zero-order valence-electron chi connectivity index (χ0n) is 14.9. The number of hydrogen-bond acceptors (Lipinski definition) is 2. The Hall–Kier alpha value is -1.71. The normalized spacial score (nSPS) is 13.6. The third-order valence-electron chi connectivity index (χ3n) is 3.82.